The second-order valence-electron chi connectivity index (χ2n) is 3.18. The third kappa shape index (κ3) is 4.26. The summed E-state index contributed by atoms with van der Waals surface area (Å²) in [6.07, 6.45) is -0.148. The zero-order chi connectivity index (χ0) is 11.1. The summed E-state index contributed by atoms with van der Waals surface area (Å²) in [4.78, 5) is 8.56. The van der Waals surface area contributed by atoms with Gasteiger partial charge in [-0.05, 0) is 24.6 Å². The number of rotatable bonds is 6. The fraction of sp³-hybridized carbons (Fsp3) is 0.400. The van der Waals surface area contributed by atoms with Crippen LogP contribution < -0.4 is 10.6 Å². The van der Waals surface area contributed by atoms with Crippen LogP contribution in [-0.2, 0) is 16.3 Å². The summed E-state index contributed by atoms with van der Waals surface area (Å²) in [6.45, 7) is 2.38. The molecule has 0 amide bonds. The van der Waals surface area contributed by atoms with E-state index >= 15 is 0 Å². The molecule has 0 fully saturated rings. The molecule has 0 bridgehead atoms. The highest BCUT2D eigenvalue weighted by Gasteiger charge is 2.01. The van der Waals surface area contributed by atoms with Gasteiger partial charge in [-0.25, -0.2) is 10.8 Å². The quantitative estimate of drug-likeness (QED) is 0.551. The molecule has 1 atom stereocenters. The first-order valence-electron chi connectivity index (χ1n) is 4.60. The fourth-order valence-corrected chi connectivity index (χ4v) is 1.01. The van der Waals surface area contributed by atoms with Crippen molar-refractivity contribution < 1.29 is 19.7 Å². The molecule has 0 heterocycles. The minimum Gasteiger partial charge on any atom is -0.491 e. The molecule has 0 radical (unpaired) electrons. The first kappa shape index (κ1) is 11.9. The van der Waals surface area contributed by atoms with Crippen molar-refractivity contribution in [3.05, 3.63) is 29.8 Å². The second-order valence-corrected chi connectivity index (χ2v) is 3.18. The van der Waals surface area contributed by atoms with Gasteiger partial charge in [0.15, 0.2) is 0 Å². The molecule has 3 N–H and O–H groups in total. The van der Waals surface area contributed by atoms with Crippen LogP contribution in [0.3, 0.4) is 0 Å². The van der Waals surface area contributed by atoms with E-state index in [1.807, 2.05) is 6.92 Å². The van der Waals surface area contributed by atoms with Gasteiger partial charge in [0.1, 0.15) is 25.1 Å². The summed E-state index contributed by atoms with van der Waals surface area (Å²) >= 11 is 0. The Morgan fingerprint density at radius 3 is 2.53 bits per heavy atom. The molecule has 0 aliphatic heterocycles. The monoisotopic (exact) mass is 213 g/mol. The molecule has 0 aliphatic carbocycles. The lowest BCUT2D eigenvalue weighted by Crippen LogP contribution is -2.21. The van der Waals surface area contributed by atoms with Crippen LogP contribution in [0.25, 0.3) is 0 Å². The van der Waals surface area contributed by atoms with E-state index in [0.717, 1.165) is 11.3 Å². The van der Waals surface area contributed by atoms with Crippen LogP contribution in [0.1, 0.15) is 12.5 Å². The van der Waals surface area contributed by atoms with Crippen LogP contribution in [0.5, 0.6) is 5.75 Å². The fourth-order valence-electron chi connectivity index (χ4n) is 1.01. The number of ether oxygens (including phenoxy) is 1. The molecule has 15 heavy (non-hydrogen) atoms. The van der Waals surface area contributed by atoms with Gasteiger partial charge >= 0.3 is 0 Å². The van der Waals surface area contributed by atoms with Crippen molar-refractivity contribution >= 4 is 0 Å². The molecule has 0 aromatic heterocycles. The second kappa shape index (κ2) is 6.36. The van der Waals surface area contributed by atoms with Gasteiger partial charge in [0, 0.05) is 0 Å². The van der Waals surface area contributed by atoms with Crippen LogP contribution in [0, 0.1) is 0 Å². The molecular formula is C10H15NO4. The molecule has 5 heteroatoms. The molecule has 1 unspecified atom stereocenters. The van der Waals surface area contributed by atoms with Crippen molar-refractivity contribution in [3.8, 4) is 5.75 Å². The predicted molar refractivity (Wildman–Crippen MR) is 54.1 cm³/mol. The maximum absolute atomic E-state index is 8.24. The Morgan fingerprint density at radius 1 is 1.33 bits per heavy atom. The Morgan fingerprint density at radius 2 is 2.00 bits per heavy atom. The van der Waals surface area contributed by atoms with Gasteiger partial charge in [-0.15, -0.1) is 0 Å². The van der Waals surface area contributed by atoms with Gasteiger partial charge < -0.3 is 4.74 Å². The van der Waals surface area contributed by atoms with Gasteiger partial charge in [0.2, 0.25) is 0 Å². The largest absolute Gasteiger partial charge is 0.491 e. The molecule has 0 saturated heterocycles. The Bertz CT molecular complexity index is 275. The lowest BCUT2D eigenvalue weighted by Gasteiger charge is -2.10. The van der Waals surface area contributed by atoms with E-state index in [9.17, 15) is 0 Å². The number of benzene rings is 1. The number of hydrogen-bond acceptors (Lipinski definition) is 5. The van der Waals surface area contributed by atoms with Crippen LogP contribution in [-0.4, -0.2) is 18.0 Å². The molecule has 0 saturated carbocycles. The summed E-state index contributed by atoms with van der Waals surface area (Å²) < 4.78 is 5.38. The first-order chi connectivity index (χ1) is 7.26. The summed E-state index contributed by atoms with van der Waals surface area (Å²) in [7, 11) is 0. The third-order valence-electron chi connectivity index (χ3n) is 1.87. The SMILES string of the molecule is CC(COc1ccc(COO)cc1)ON. The van der Waals surface area contributed by atoms with Crippen LogP contribution in [0.15, 0.2) is 24.3 Å². The summed E-state index contributed by atoms with van der Waals surface area (Å²) in [5, 5.41) is 8.24. The zero-order valence-corrected chi connectivity index (χ0v) is 8.55. The van der Waals surface area contributed by atoms with Crippen molar-refractivity contribution in [3.63, 3.8) is 0 Å². The summed E-state index contributed by atoms with van der Waals surface area (Å²) in [6, 6.07) is 7.19. The normalized spacial score (nSPS) is 12.5. The van der Waals surface area contributed by atoms with Crippen molar-refractivity contribution in [2.75, 3.05) is 6.61 Å². The van der Waals surface area contributed by atoms with Crippen LogP contribution >= 0.6 is 0 Å². The van der Waals surface area contributed by atoms with E-state index in [1.54, 1.807) is 24.3 Å². The molecule has 84 valence electrons. The third-order valence-corrected chi connectivity index (χ3v) is 1.87. The number of hydrogen-bond donors (Lipinski definition) is 2. The Labute approximate surface area is 88.2 Å². The predicted octanol–water partition coefficient (Wildman–Crippen LogP) is 1.33. The average molecular weight is 213 g/mol. The van der Waals surface area contributed by atoms with Gasteiger partial charge in [-0.1, -0.05) is 12.1 Å². The maximum atomic E-state index is 8.24. The van der Waals surface area contributed by atoms with Crippen molar-refractivity contribution in [1.29, 1.82) is 0 Å². The van der Waals surface area contributed by atoms with Gasteiger partial charge in [-0.3, -0.25) is 10.1 Å². The summed E-state index contributed by atoms with van der Waals surface area (Å²) in [5.41, 5.74) is 0.868. The highest BCUT2D eigenvalue weighted by Crippen LogP contribution is 2.13. The minimum atomic E-state index is -0.148. The first-order valence-corrected chi connectivity index (χ1v) is 4.60. The molecular weight excluding hydrogens is 198 g/mol. The lowest BCUT2D eigenvalue weighted by molar-refractivity contribution is -0.253. The highest BCUT2D eigenvalue weighted by atomic mass is 17.1. The van der Waals surface area contributed by atoms with Gasteiger partial charge in [0.05, 0.1) is 0 Å². The van der Waals surface area contributed by atoms with E-state index < -0.39 is 0 Å². The van der Waals surface area contributed by atoms with E-state index in [0.29, 0.717) is 6.61 Å². The van der Waals surface area contributed by atoms with E-state index in [1.165, 1.54) is 0 Å². The standard InChI is InChI=1S/C10H15NO4/c1-8(15-11)6-13-10-4-2-9(3-5-10)7-14-12/h2-5,8,12H,6-7,11H2,1H3. The highest BCUT2D eigenvalue weighted by molar-refractivity contribution is 5.26. The molecule has 0 spiro atoms. The smallest absolute Gasteiger partial charge is 0.119 e. The zero-order valence-electron chi connectivity index (χ0n) is 8.55. The van der Waals surface area contributed by atoms with Gasteiger partial charge in [0.25, 0.3) is 0 Å². The van der Waals surface area contributed by atoms with Crippen LogP contribution in [0.2, 0.25) is 0 Å². The molecule has 0 aliphatic rings. The lowest BCUT2D eigenvalue weighted by atomic mass is 10.2. The van der Waals surface area contributed by atoms with E-state index in [-0.39, 0.29) is 12.7 Å². The topological polar surface area (TPSA) is 73.9 Å². The van der Waals surface area contributed by atoms with Crippen molar-refractivity contribution in [2.45, 2.75) is 19.6 Å². The molecule has 1 aromatic rings. The maximum Gasteiger partial charge on any atom is 0.119 e. The van der Waals surface area contributed by atoms with E-state index in [4.69, 9.17) is 15.9 Å². The van der Waals surface area contributed by atoms with Crippen LogP contribution in [0.4, 0.5) is 0 Å². The Hall–Kier alpha value is -1.14. The average Bonchev–Trinajstić information content (AvgIpc) is 2.28. The minimum absolute atomic E-state index is 0.148. The Balaban J connectivity index is 2.42. The van der Waals surface area contributed by atoms with Crippen molar-refractivity contribution in [2.24, 2.45) is 5.90 Å². The Kier molecular flexibility index (Phi) is 5.06. The van der Waals surface area contributed by atoms with Crippen molar-refractivity contribution in [1.82, 2.24) is 0 Å². The summed E-state index contributed by atoms with van der Waals surface area (Å²) in [5.74, 6) is 5.70. The molecule has 1 rings (SSSR count). The molecule has 5 nitrogen and oxygen atoms in total. The van der Waals surface area contributed by atoms with E-state index in [2.05, 4.69) is 9.73 Å². The number of nitrogens with two attached hydrogens (primary N) is 1. The van der Waals surface area contributed by atoms with Gasteiger partial charge in [-0.2, -0.15) is 0 Å². The molecule has 1 aromatic carbocycles.